The number of benzene rings is 1. The third-order valence-electron chi connectivity index (χ3n) is 3.02. The zero-order valence-corrected chi connectivity index (χ0v) is 12.0. The van der Waals surface area contributed by atoms with Gasteiger partial charge in [-0.15, -0.1) is 5.10 Å². The maximum atomic E-state index is 5.95. The zero-order valence-electron chi connectivity index (χ0n) is 11.3. The minimum atomic E-state index is 0.620. The summed E-state index contributed by atoms with van der Waals surface area (Å²) in [7, 11) is 1.77. The van der Waals surface area contributed by atoms with Crippen LogP contribution < -0.4 is 10.9 Å². The standard InChI is InChI=1S/C14H13ClN6/c1-16-20-14-13(12-6-7-17-19-12)11(8-18-21-14)9-2-4-10(15)5-3-9/h2-8,16H,1H3,(H,17,19)(H,20,21). The Morgan fingerprint density at radius 2 is 1.95 bits per heavy atom. The highest BCUT2D eigenvalue weighted by Gasteiger charge is 2.15. The van der Waals surface area contributed by atoms with Crippen LogP contribution in [0.4, 0.5) is 5.82 Å². The molecule has 3 N–H and O–H groups in total. The molecule has 0 aliphatic rings. The van der Waals surface area contributed by atoms with E-state index in [0.29, 0.717) is 10.8 Å². The first kappa shape index (κ1) is 13.5. The van der Waals surface area contributed by atoms with Gasteiger partial charge in [0.2, 0.25) is 0 Å². The van der Waals surface area contributed by atoms with E-state index in [4.69, 9.17) is 11.6 Å². The number of hydrogen-bond donors (Lipinski definition) is 3. The van der Waals surface area contributed by atoms with Gasteiger partial charge in [-0.1, -0.05) is 23.7 Å². The Morgan fingerprint density at radius 1 is 1.14 bits per heavy atom. The highest BCUT2D eigenvalue weighted by atomic mass is 35.5. The van der Waals surface area contributed by atoms with Crippen molar-refractivity contribution < 1.29 is 0 Å². The van der Waals surface area contributed by atoms with Crippen LogP contribution >= 0.6 is 11.6 Å². The van der Waals surface area contributed by atoms with Crippen molar-refractivity contribution in [2.45, 2.75) is 0 Å². The maximum absolute atomic E-state index is 5.95. The van der Waals surface area contributed by atoms with Crippen molar-refractivity contribution in [3.05, 3.63) is 47.7 Å². The van der Waals surface area contributed by atoms with Crippen LogP contribution in [0.5, 0.6) is 0 Å². The number of hydrogen-bond acceptors (Lipinski definition) is 5. The fraction of sp³-hybridized carbons (Fsp3) is 0.0714. The van der Waals surface area contributed by atoms with Gasteiger partial charge in [-0.25, -0.2) is 5.43 Å². The first-order valence-corrected chi connectivity index (χ1v) is 6.71. The van der Waals surface area contributed by atoms with Gasteiger partial charge in [0.15, 0.2) is 5.82 Å². The number of hydrazine groups is 1. The summed E-state index contributed by atoms with van der Waals surface area (Å²) >= 11 is 5.95. The molecule has 7 heteroatoms. The van der Waals surface area contributed by atoms with Crippen LogP contribution in [0.2, 0.25) is 5.02 Å². The van der Waals surface area contributed by atoms with E-state index in [1.165, 1.54) is 0 Å². The molecule has 0 bridgehead atoms. The third-order valence-corrected chi connectivity index (χ3v) is 3.27. The molecule has 0 unspecified atom stereocenters. The van der Waals surface area contributed by atoms with E-state index in [-0.39, 0.29) is 0 Å². The van der Waals surface area contributed by atoms with Gasteiger partial charge in [-0.2, -0.15) is 10.2 Å². The van der Waals surface area contributed by atoms with Crippen LogP contribution in [0, 0.1) is 0 Å². The number of rotatable bonds is 4. The van der Waals surface area contributed by atoms with E-state index < -0.39 is 0 Å². The van der Waals surface area contributed by atoms with Gasteiger partial charge in [0.1, 0.15) is 0 Å². The monoisotopic (exact) mass is 300 g/mol. The Bertz CT molecular complexity index is 724. The van der Waals surface area contributed by atoms with Gasteiger partial charge in [0.25, 0.3) is 0 Å². The molecule has 0 radical (unpaired) electrons. The fourth-order valence-electron chi connectivity index (χ4n) is 2.11. The second-order valence-electron chi connectivity index (χ2n) is 4.33. The molecule has 0 spiro atoms. The molecular weight excluding hydrogens is 288 g/mol. The molecule has 3 aromatic rings. The molecule has 0 aliphatic carbocycles. The fourth-order valence-corrected chi connectivity index (χ4v) is 2.23. The van der Waals surface area contributed by atoms with Crippen molar-refractivity contribution in [1.82, 2.24) is 25.8 Å². The number of nitrogens with zero attached hydrogens (tertiary/aromatic N) is 3. The van der Waals surface area contributed by atoms with E-state index in [1.807, 2.05) is 30.3 Å². The molecule has 2 heterocycles. The molecule has 0 saturated heterocycles. The molecule has 2 aromatic heterocycles. The van der Waals surface area contributed by atoms with Crippen molar-refractivity contribution in [3.63, 3.8) is 0 Å². The Morgan fingerprint density at radius 3 is 2.62 bits per heavy atom. The number of H-pyrrole nitrogens is 1. The van der Waals surface area contributed by atoms with Crippen molar-refractivity contribution in [2.24, 2.45) is 0 Å². The topological polar surface area (TPSA) is 78.5 Å². The van der Waals surface area contributed by atoms with Gasteiger partial charge in [0, 0.05) is 23.8 Å². The van der Waals surface area contributed by atoms with Crippen molar-refractivity contribution in [3.8, 4) is 22.4 Å². The molecule has 0 fully saturated rings. The Labute approximate surface area is 126 Å². The highest BCUT2D eigenvalue weighted by Crippen LogP contribution is 2.34. The first-order chi connectivity index (χ1) is 10.3. The van der Waals surface area contributed by atoms with E-state index in [1.54, 1.807) is 19.4 Å². The van der Waals surface area contributed by atoms with E-state index in [9.17, 15) is 0 Å². The second kappa shape index (κ2) is 5.90. The summed E-state index contributed by atoms with van der Waals surface area (Å²) in [6.07, 6.45) is 3.42. The smallest absolute Gasteiger partial charge is 0.172 e. The molecule has 0 atom stereocenters. The number of halogens is 1. The molecule has 0 aliphatic heterocycles. The van der Waals surface area contributed by atoms with Crippen molar-refractivity contribution >= 4 is 17.4 Å². The van der Waals surface area contributed by atoms with Crippen LogP contribution in [0.1, 0.15) is 0 Å². The predicted molar refractivity (Wildman–Crippen MR) is 82.7 cm³/mol. The van der Waals surface area contributed by atoms with Gasteiger partial charge < -0.3 is 5.43 Å². The largest absolute Gasteiger partial charge is 0.304 e. The lowest BCUT2D eigenvalue weighted by atomic mass is 10.0. The number of nitrogens with one attached hydrogen (secondary N) is 3. The Hall–Kier alpha value is -2.44. The van der Waals surface area contributed by atoms with E-state index >= 15 is 0 Å². The van der Waals surface area contributed by atoms with Crippen molar-refractivity contribution in [2.75, 3.05) is 12.5 Å². The Balaban J connectivity index is 2.20. The molecule has 0 saturated carbocycles. The summed E-state index contributed by atoms with van der Waals surface area (Å²) in [5, 5.41) is 15.8. The summed E-state index contributed by atoms with van der Waals surface area (Å²) in [4.78, 5) is 0. The summed E-state index contributed by atoms with van der Waals surface area (Å²) in [5.74, 6) is 0.620. The van der Waals surface area contributed by atoms with Crippen LogP contribution in [-0.2, 0) is 0 Å². The van der Waals surface area contributed by atoms with Crippen molar-refractivity contribution in [1.29, 1.82) is 0 Å². The normalized spacial score (nSPS) is 10.6. The van der Waals surface area contributed by atoms with Crippen LogP contribution in [0.15, 0.2) is 42.7 Å². The van der Waals surface area contributed by atoms with Crippen LogP contribution in [-0.4, -0.2) is 27.4 Å². The van der Waals surface area contributed by atoms with Gasteiger partial charge in [-0.3, -0.25) is 5.10 Å². The summed E-state index contributed by atoms with van der Waals surface area (Å²) in [6, 6.07) is 9.47. The van der Waals surface area contributed by atoms with Gasteiger partial charge >= 0.3 is 0 Å². The lowest BCUT2D eigenvalue weighted by Crippen LogP contribution is -2.17. The highest BCUT2D eigenvalue weighted by molar-refractivity contribution is 6.30. The molecular formula is C14H13ClN6. The lowest BCUT2D eigenvalue weighted by molar-refractivity contribution is 0.929. The average molecular weight is 301 g/mol. The van der Waals surface area contributed by atoms with Crippen LogP contribution in [0.3, 0.4) is 0 Å². The third kappa shape index (κ3) is 2.72. The van der Waals surface area contributed by atoms with E-state index in [0.717, 1.165) is 22.4 Å². The molecule has 3 rings (SSSR count). The zero-order chi connectivity index (χ0) is 14.7. The minimum absolute atomic E-state index is 0.620. The van der Waals surface area contributed by atoms with Crippen LogP contribution in [0.25, 0.3) is 22.4 Å². The Kier molecular flexibility index (Phi) is 3.81. The summed E-state index contributed by atoms with van der Waals surface area (Å²) in [5.41, 5.74) is 9.53. The molecule has 21 heavy (non-hydrogen) atoms. The molecule has 106 valence electrons. The lowest BCUT2D eigenvalue weighted by Gasteiger charge is -2.13. The number of aromatic amines is 1. The first-order valence-electron chi connectivity index (χ1n) is 6.33. The SMILES string of the molecule is CNNc1nncc(-c2ccc(Cl)cc2)c1-c1ccn[nH]1. The summed E-state index contributed by atoms with van der Waals surface area (Å²) < 4.78 is 0. The molecule has 6 nitrogen and oxygen atoms in total. The average Bonchev–Trinajstić information content (AvgIpc) is 3.02. The quantitative estimate of drug-likeness (QED) is 0.646. The second-order valence-corrected chi connectivity index (χ2v) is 4.77. The molecule has 1 aromatic carbocycles. The van der Waals surface area contributed by atoms with E-state index in [2.05, 4.69) is 31.2 Å². The maximum Gasteiger partial charge on any atom is 0.172 e. The number of aromatic nitrogens is 4. The minimum Gasteiger partial charge on any atom is -0.304 e. The number of anilines is 1. The molecule has 0 amide bonds. The van der Waals surface area contributed by atoms with Gasteiger partial charge in [-0.05, 0) is 23.8 Å². The summed E-state index contributed by atoms with van der Waals surface area (Å²) in [6.45, 7) is 0. The van der Waals surface area contributed by atoms with Gasteiger partial charge in [0.05, 0.1) is 17.5 Å². The predicted octanol–water partition coefficient (Wildman–Crippen LogP) is 2.73.